The molecule has 1 N–H and O–H groups in total. The van der Waals surface area contributed by atoms with Crippen LogP contribution in [0.15, 0.2) is 28.7 Å². The van der Waals surface area contributed by atoms with Crippen molar-refractivity contribution in [3.63, 3.8) is 0 Å². The summed E-state index contributed by atoms with van der Waals surface area (Å²) in [6.07, 6.45) is 4.08. The Hall–Kier alpha value is -0.380. The van der Waals surface area contributed by atoms with Crippen LogP contribution in [0.25, 0.3) is 0 Å². The van der Waals surface area contributed by atoms with Gasteiger partial charge in [0.2, 0.25) is 0 Å². The van der Waals surface area contributed by atoms with Gasteiger partial charge >= 0.3 is 0 Å². The molecule has 2 saturated heterocycles. The number of halogens is 1. The standard InChI is InChI=1S/C15H21BrN2/c1-11(12-4-6-13(16)7-5-12)17-14-8-10-18-9-2-3-15(14)18/h4-7,11,14-15,17H,2-3,8-10H2,1H3/t11-,14?,15?/m1/s1. The van der Waals surface area contributed by atoms with Crippen molar-refractivity contribution in [2.24, 2.45) is 0 Å². The first-order valence-electron chi connectivity index (χ1n) is 6.99. The third-order valence-corrected chi connectivity index (χ3v) is 4.97. The van der Waals surface area contributed by atoms with Gasteiger partial charge in [-0.3, -0.25) is 4.90 Å². The van der Waals surface area contributed by atoms with E-state index in [1.165, 1.54) is 37.9 Å². The Morgan fingerprint density at radius 3 is 2.78 bits per heavy atom. The lowest BCUT2D eigenvalue weighted by Crippen LogP contribution is -2.40. The van der Waals surface area contributed by atoms with Gasteiger partial charge in [-0.25, -0.2) is 0 Å². The maximum absolute atomic E-state index is 3.83. The van der Waals surface area contributed by atoms with E-state index in [0.29, 0.717) is 12.1 Å². The molecule has 3 heteroatoms. The summed E-state index contributed by atoms with van der Waals surface area (Å²) in [4.78, 5) is 2.66. The van der Waals surface area contributed by atoms with Crippen LogP contribution in [-0.2, 0) is 0 Å². The van der Waals surface area contributed by atoms with Crippen molar-refractivity contribution in [3.8, 4) is 0 Å². The summed E-state index contributed by atoms with van der Waals surface area (Å²) in [5.41, 5.74) is 1.38. The van der Waals surface area contributed by atoms with Gasteiger partial charge in [-0.15, -0.1) is 0 Å². The molecule has 2 aliphatic heterocycles. The van der Waals surface area contributed by atoms with E-state index in [4.69, 9.17) is 0 Å². The van der Waals surface area contributed by atoms with Crippen LogP contribution in [0, 0.1) is 0 Å². The Morgan fingerprint density at radius 1 is 1.22 bits per heavy atom. The minimum absolute atomic E-state index is 0.448. The van der Waals surface area contributed by atoms with E-state index < -0.39 is 0 Å². The Balaban J connectivity index is 1.64. The van der Waals surface area contributed by atoms with Crippen molar-refractivity contribution in [1.82, 2.24) is 10.2 Å². The first-order chi connectivity index (χ1) is 8.74. The molecule has 3 atom stereocenters. The number of nitrogens with one attached hydrogen (secondary N) is 1. The van der Waals surface area contributed by atoms with Gasteiger partial charge in [0.15, 0.2) is 0 Å². The fourth-order valence-corrected chi connectivity index (χ4v) is 3.71. The first kappa shape index (κ1) is 12.6. The third-order valence-electron chi connectivity index (χ3n) is 4.44. The van der Waals surface area contributed by atoms with Crippen LogP contribution in [0.1, 0.15) is 37.8 Å². The largest absolute Gasteiger partial charge is 0.306 e. The van der Waals surface area contributed by atoms with Gasteiger partial charge in [0.25, 0.3) is 0 Å². The SMILES string of the molecule is C[C@@H](NC1CCN2CCCC12)c1ccc(Br)cc1. The van der Waals surface area contributed by atoms with Crippen LogP contribution in [0.2, 0.25) is 0 Å². The van der Waals surface area contributed by atoms with Gasteiger partial charge in [-0.1, -0.05) is 28.1 Å². The van der Waals surface area contributed by atoms with E-state index in [9.17, 15) is 0 Å². The summed E-state index contributed by atoms with van der Waals surface area (Å²) in [6, 6.07) is 10.6. The van der Waals surface area contributed by atoms with Gasteiger partial charge in [0.05, 0.1) is 0 Å². The molecule has 0 bridgehead atoms. The zero-order valence-corrected chi connectivity index (χ0v) is 12.5. The molecule has 0 aliphatic carbocycles. The lowest BCUT2D eigenvalue weighted by molar-refractivity contribution is 0.291. The Kier molecular flexibility index (Phi) is 3.73. The highest BCUT2D eigenvalue weighted by atomic mass is 79.9. The molecule has 2 heterocycles. The molecule has 2 nitrogen and oxygen atoms in total. The third kappa shape index (κ3) is 2.49. The monoisotopic (exact) mass is 308 g/mol. The molecule has 1 aromatic carbocycles. The molecule has 0 aromatic heterocycles. The topological polar surface area (TPSA) is 15.3 Å². The highest BCUT2D eigenvalue weighted by molar-refractivity contribution is 9.10. The molecule has 1 aromatic rings. The maximum atomic E-state index is 3.83. The minimum Gasteiger partial charge on any atom is -0.306 e. The predicted octanol–water partition coefficient (Wildman–Crippen LogP) is 3.34. The zero-order chi connectivity index (χ0) is 12.5. The molecule has 98 valence electrons. The smallest absolute Gasteiger partial charge is 0.0295 e. The first-order valence-corrected chi connectivity index (χ1v) is 7.79. The van der Waals surface area contributed by atoms with Crippen molar-refractivity contribution in [1.29, 1.82) is 0 Å². The molecule has 0 spiro atoms. The highest BCUT2D eigenvalue weighted by Gasteiger charge is 2.37. The molecule has 0 amide bonds. The Bertz CT molecular complexity index is 403. The average molecular weight is 309 g/mol. The second-order valence-corrected chi connectivity index (χ2v) is 6.50. The summed E-state index contributed by atoms with van der Waals surface area (Å²) in [7, 11) is 0. The normalized spacial score (nSPS) is 29.4. The predicted molar refractivity (Wildman–Crippen MR) is 78.7 cm³/mol. The second kappa shape index (κ2) is 5.32. The number of hydrogen-bond donors (Lipinski definition) is 1. The second-order valence-electron chi connectivity index (χ2n) is 5.58. The van der Waals surface area contributed by atoms with Crippen molar-refractivity contribution in [3.05, 3.63) is 34.3 Å². The molecule has 0 saturated carbocycles. The van der Waals surface area contributed by atoms with Crippen LogP contribution in [0.5, 0.6) is 0 Å². The van der Waals surface area contributed by atoms with Crippen LogP contribution >= 0.6 is 15.9 Å². The van der Waals surface area contributed by atoms with Crippen molar-refractivity contribution < 1.29 is 0 Å². The van der Waals surface area contributed by atoms with Crippen molar-refractivity contribution >= 4 is 15.9 Å². The quantitative estimate of drug-likeness (QED) is 0.921. The fraction of sp³-hybridized carbons (Fsp3) is 0.600. The molecule has 0 radical (unpaired) electrons. The minimum atomic E-state index is 0.448. The summed E-state index contributed by atoms with van der Waals surface area (Å²) in [6.45, 7) is 4.88. The van der Waals surface area contributed by atoms with E-state index in [1.54, 1.807) is 0 Å². The molecular formula is C15H21BrN2. The molecule has 2 unspecified atom stereocenters. The number of hydrogen-bond acceptors (Lipinski definition) is 2. The lowest BCUT2D eigenvalue weighted by atomic mass is 10.0. The molecular weight excluding hydrogens is 288 g/mol. The Labute approximate surface area is 118 Å². The Morgan fingerprint density at radius 2 is 2.00 bits per heavy atom. The van der Waals surface area contributed by atoms with Gasteiger partial charge in [-0.05, 0) is 50.4 Å². The molecule has 2 aliphatic rings. The number of nitrogens with zero attached hydrogens (tertiary/aromatic N) is 1. The molecule has 18 heavy (non-hydrogen) atoms. The lowest BCUT2D eigenvalue weighted by Gasteiger charge is -2.25. The summed E-state index contributed by atoms with van der Waals surface area (Å²) < 4.78 is 1.15. The van der Waals surface area contributed by atoms with Crippen LogP contribution in [-0.4, -0.2) is 30.1 Å². The average Bonchev–Trinajstić information content (AvgIpc) is 2.95. The maximum Gasteiger partial charge on any atom is 0.0295 e. The van der Waals surface area contributed by atoms with Crippen molar-refractivity contribution in [2.45, 2.75) is 44.3 Å². The highest BCUT2D eigenvalue weighted by Crippen LogP contribution is 2.29. The van der Waals surface area contributed by atoms with E-state index >= 15 is 0 Å². The van der Waals surface area contributed by atoms with E-state index in [1.807, 2.05) is 0 Å². The van der Waals surface area contributed by atoms with Crippen LogP contribution in [0.3, 0.4) is 0 Å². The van der Waals surface area contributed by atoms with Gasteiger partial charge in [-0.2, -0.15) is 0 Å². The fourth-order valence-electron chi connectivity index (χ4n) is 3.45. The number of rotatable bonds is 3. The summed E-state index contributed by atoms with van der Waals surface area (Å²) in [5, 5.41) is 3.83. The number of benzene rings is 1. The summed E-state index contributed by atoms with van der Waals surface area (Å²) >= 11 is 3.49. The van der Waals surface area contributed by atoms with Crippen LogP contribution < -0.4 is 5.32 Å². The van der Waals surface area contributed by atoms with Crippen LogP contribution in [0.4, 0.5) is 0 Å². The molecule has 3 rings (SSSR count). The number of fused-ring (bicyclic) bond motifs is 1. The van der Waals surface area contributed by atoms with E-state index in [-0.39, 0.29) is 0 Å². The van der Waals surface area contributed by atoms with E-state index in [0.717, 1.165) is 10.5 Å². The summed E-state index contributed by atoms with van der Waals surface area (Å²) in [5.74, 6) is 0. The van der Waals surface area contributed by atoms with Gasteiger partial charge < -0.3 is 5.32 Å². The van der Waals surface area contributed by atoms with Crippen molar-refractivity contribution in [2.75, 3.05) is 13.1 Å². The molecule has 2 fully saturated rings. The van der Waals surface area contributed by atoms with E-state index in [2.05, 4.69) is 57.3 Å². The zero-order valence-electron chi connectivity index (χ0n) is 10.9. The van der Waals surface area contributed by atoms with Gasteiger partial charge in [0.1, 0.15) is 0 Å². The van der Waals surface area contributed by atoms with Gasteiger partial charge in [0, 0.05) is 29.1 Å².